The van der Waals surface area contributed by atoms with Crippen LogP contribution in [-0.4, -0.2) is 23.6 Å². The molecular formula is C9H7BrN2O4S. The summed E-state index contributed by atoms with van der Waals surface area (Å²) in [5.74, 6) is 0. The van der Waals surface area contributed by atoms with E-state index in [0.29, 0.717) is 9.86 Å². The predicted octanol–water partition coefficient (Wildman–Crippen LogP) is 2.12. The number of rotatable bonds is 2. The molecule has 0 aliphatic rings. The maximum atomic E-state index is 11.5. The van der Waals surface area contributed by atoms with E-state index in [2.05, 4.69) is 15.9 Å². The molecule has 0 aliphatic carbocycles. The molecular weight excluding hydrogens is 312 g/mol. The van der Waals surface area contributed by atoms with Crippen molar-refractivity contribution in [2.75, 3.05) is 6.26 Å². The van der Waals surface area contributed by atoms with Crippen LogP contribution in [0.4, 0.5) is 5.69 Å². The van der Waals surface area contributed by atoms with Crippen LogP contribution in [0.3, 0.4) is 0 Å². The number of benzene rings is 1. The fourth-order valence-corrected chi connectivity index (χ4v) is 3.02. The Labute approximate surface area is 105 Å². The van der Waals surface area contributed by atoms with E-state index in [1.807, 2.05) is 0 Å². The van der Waals surface area contributed by atoms with Crippen molar-refractivity contribution >= 4 is 42.5 Å². The van der Waals surface area contributed by atoms with Gasteiger partial charge in [-0.15, -0.1) is 0 Å². The number of hydrogen-bond donors (Lipinski definition) is 0. The van der Waals surface area contributed by atoms with Crippen molar-refractivity contribution in [2.45, 2.75) is 0 Å². The Morgan fingerprint density at radius 2 is 2.06 bits per heavy atom. The third-order valence-corrected chi connectivity index (χ3v) is 3.92. The van der Waals surface area contributed by atoms with Crippen LogP contribution in [0.5, 0.6) is 0 Å². The molecule has 0 bridgehead atoms. The highest BCUT2D eigenvalue weighted by atomic mass is 79.9. The lowest BCUT2D eigenvalue weighted by molar-refractivity contribution is -0.384. The number of fused-ring (bicyclic) bond motifs is 1. The Bertz CT molecular complexity index is 720. The van der Waals surface area contributed by atoms with Gasteiger partial charge < -0.3 is 0 Å². The number of nitrogens with zero attached hydrogens (tertiary/aromatic N) is 2. The molecule has 17 heavy (non-hydrogen) atoms. The van der Waals surface area contributed by atoms with Gasteiger partial charge >= 0.3 is 0 Å². The third-order valence-electron chi connectivity index (χ3n) is 2.27. The fraction of sp³-hybridized carbons (Fsp3) is 0.111. The Morgan fingerprint density at radius 1 is 1.41 bits per heavy atom. The SMILES string of the molecule is CS(=O)(=O)n1cc(Br)c2ccc([N+](=O)[O-])cc21. The van der Waals surface area contributed by atoms with Crippen LogP contribution in [0.25, 0.3) is 10.9 Å². The van der Waals surface area contributed by atoms with Crippen molar-refractivity contribution in [3.05, 3.63) is 39.0 Å². The van der Waals surface area contributed by atoms with Crippen molar-refractivity contribution in [3.8, 4) is 0 Å². The van der Waals surface area contributed by atoms with Crippen molar-refractivity contribution in [2.24, 2.45) is 0 Å². The molecule has 0 saturated heterocycles. The molecule has 0 saturated carbocycles. The quantitative estimate of drug-likeness (QED) is 0.627. The van der Waals surface area contributed by atoms with Crippen LogP contribution in [0, 0.1) is 10.1 Å². The molecule has 0 fully saturated rings. The first-order chi connectivity index (χ1) is 7.80. The molecule has 0 amide bonds. The molecule has 0 atom stereocenters. The first-order valence-corrected chi connectivity index (χ1v) is 7.10. The van der Waals surface area contributed by atoms with Gasteiger partial charge in [0.05, 0.1) is 16.7 Å². The van der Waals surface area contributed by atoms with Gasteiger partial charge in [-0.1, -0.05) is 0 Å². The summed E-state index contributed by atoms with van der Waals surface area (Å²) in [6, 6.07) is 4.08. The molecule has 90 valence electrons. The molecule has 1 aromatic heterocycles. The third kappa shape index (κ3) is 2.05. The number of aromatic nitrogens is 1. The van der Waals surface area contributed by atoms with E-state index >= 15 is 0 Å². The minimum Gasteiger partial charge on any atom is -0.258 e. The molecule has 0 N–H and O–H groups in total. The standard InChI is InChI=1S/C9H7BrN2O4S/c1-17(15,16)11-5-8(10)7-3-2-6(12(13)14)4-9(7)11/h2-5H,1H3. The van der Waals surface area contributed by atoms with Crippen LogP contribution in [-0.2, 0) is 10.0 Å². The molecule has 0 spiro atoms. The van der Waals surface area contributed by atoms with Crippen LogP contribution in [0.15, 0.2) is 28.9 Å². The lowest BCUT2D eigenvalue weighted by atomic mass is 10.2. The molecule has 0 radical (unpaired) electrons. The summed E-state index contributed by atoms with van der Waals surface area (Å²) in [6.07, 6.45) is 2.42. The van der Waals surface area contributed by atoms with E-state index in [1.54, 1.807) is 0 Å². The zero-order chi connectivity index (χ0) is 12.8. The summed E-state index contributed by atoms with van der Waals surface area (Å²) in [7, 11) is -3.49. The molecule has 0 aliphatic heterocycles. The highest BCUT2D eigenvalue weighted by Crippen LogP contribution is 2.30. The summed E-state index contributed by atoms with van der Waals surface area (Å²) in [5, 5.41) is 11.3. The fourth-order valence-electron chi connectivity index (χ4n) is 1.53. The monoisotopic (exact) mass is 318 g/mol. The van der Waals surface area contributed by atoms with Gasteiger partial charge in [0.25, 0.3) is 5.69 Å². The van der Waals surface area contributed by atoms with E-state index in [0.717, 1.165) is 10.2 Å². The largest absolute Gasteiger partial charge is 0.271 e. The second-order valence-electron chi connectivity index (χ2n) is 3.49. The summed E-state index contributed by atoms with van der Waals surface area (Å²) in [6.45, 7) is 0. The summed E-state index contributed by atoms with van der Waals surface area (Å²) in [4.78, 5) is 10.1. The molecule has 6 nitrogen and oxygen atoms in total. The lowest BCUT2D eigenvalue weighted by Crippen LogP contribution is -2.08. The van der Waals surface area contributed by atoms with E-state index in [9.17, 15) is 18.5 Å². The van der Waals surface area contributed by atoms with Gasteiger partial charge in [0, 0.05) is 28.2 Å². The first-order valence-electron chi connectivity index (χ1n) is 4.46. The molecule has 1 aromatic carbocycles. The van der Waals surface area contributed by atoms with Crippen molar-refractivity contribution in [1.82, 2.24) is 3.97 Å². The second kappa shape index (κ2) is 3.81. The summed E-state index contributed by atoms with van der Waals surface area (Å²) >= 11 is 3.22. The highest BCUT2D eigenvalue weighted by molar-refractivity contribution is 9.10. The van der Waals surface area contributed by atoms with Crippen molar-refractivity contribution in [1.29, 1.82) is 0 Å². The van der Waals surface area contributed by atoms with Crippen LogP contribution in [0.1, 0.15) is 0 Å². The molecule has 8 heteroatoms. The zero-order valence-corrected chi connectivity index (χ0v) is 11.0. The smallest absolute Gasteiger partial charge is 0.258 e. The highest BCUT2D eigenvalue weighted by Gasteiger charge is 2.16. The molecule has 1 heterocycles. The Hall–Kier alpha value is -1.41. The normalized spacial score (nSPS) is 11.9. The van der Waals surface area contributed by atoms with E-state index in [4.69, 9.17) is 0 Å². The number of nitro groups is 1. The van der Waals surface area contributed by atoms with E-state index < -0.39 is 14.9 Å². The van der Waals surface area contributed by atoms with Crippen LogP contribution >= 0.6 is 15.9 Å². The van der Waals surface area contributed by atoms with Gasteiger partial charge in [-0.2, -0.15) is 0 Å². The average Bonchev–Trinajstić information content (AvgIpc) is 2.55. The Morgan fingerprint density at radius 3 is 2.59 bits per heavy atom. The molecule has 0 unspecified atom stereocenters. The lowest BCUT2D eigenvalue weighted by Gasteiger charge is -2.00. The number of halogens is 1. The first kappa shape index (κ1) is 12.1. The van der Waals surface area contributed by atoms with E-state index in [-0.39, 0.29) is 11.2 Å². The zero-order valence-electron chi connectivity index (χ0n) is 8.62. The van der Waals surface area contributed by atoms with Crippen molar-refractivity contribution in [3.63, 3.8) is 0 Å². The van der Waals surface area contributed by atoms with Gasteiger partial charge in [0.1, 0.15) is 0 Å². The topological polar surface area (TPSA) is 82.2 Å². The van der Waals surface area contributed by atoms with Gasteiger partial charge in [-0.05, 0) is 22.0 Å². The summed E-state index contributed by atoms with van der Waals surface area (Å²) < 4.78 is 24.6. The van der Waals surface area contributed by atoms with Crippen LogP contribution in [0.2, 0.25) is 0 Å². The number of nitro benzene ring substituents is 1. The second-order valence-corrected chi connectivity index (χ2v) is 6.21. The van der Waals surface area contributed by atoms with Gasteiger partial charge in [-0.25, -0.2) is 12.4 Å². The number of non-ortho nitro benzene ring substituents is 1. The van der Waals surface area contributed by atoms with Crippen molar-refractivity contribution < 1.29 is 13.3 Å². The summed E-state index contributed by atoms with van der Waals surface area (Å²) in [5.41, 5.74) is 0.140. The van der Waals surface area contributed by atoms with Crippen LogP contribution < -0.4 is 0 Å². The minimum atomic E-state index is -3.49. The Balaban J connectivity index is 2.87. The molecule has 2 aromatic rings. The van der Waals surface area contributed by atoms with Gasteiger partial charge in [-0.3, -0.25) is 10.1 Å². The predicted molar refractivity (Wildman–Crippen MR) is 66.5 cm³/mol. The minimum absolute atomic E-state index is 0.145. The maximum absolute atomic E-state index is 11.5. The Kier molecular flexibility index (Phi) is 2.70. The van der Waals surface area contributed by atoms with Gasteiger partial charge in [0.15, 0.2) is 0 Å². The van der Waals surface area contributed by atoms with Gasteiger partial charge in [0.2, 0.25) is 10.0 Å². The molecule has 2 rings (SSSR count). The van der Waals surface area contributed by atoms with E-state index in [1.165, 1.54) is 24.4 Å². The number of hydrogen-bond acceptors (Lipinski definition) is 4. The average molecular weight is 319 g/mol. The maximum Gasteiger partial charge on any atom is 0.271 e.